The van der Waals surface area contributed by atoms with Crippen LogP contribution < -0.4 is 31.1 Å². The molecule has 2 aromatic heterocycles. The number of aryl methyl sites for hydroxylation is 3. The first-order valence-electron chi connectivity index (χ1n) is 18.0. The van der Waals surface area contributed by atoms with E-state index >= 15 is 0 Å². The Labute approximate surface area is 305 Å². The third-order valence-electron chi connectivity index (χ3n) is 9.61. The number of nitrogens with zero attached hydrogens (tertiary/aromatic N) is 4. The topological polar surface area (TPSA) is 132 Å². The van der Waals surface area contributed by atoms with Crippen molar-refractivity contribution in [2.45, 2.75) is 20.8 Å². The van der Waals surface area contributed by atoms with Gasteiger partial charge in [0.25, 0.3) is 0 Å². The van der Waals surface area contributed by atoms with Gasteiger partial charge in [0.05, 0.1) is 11.4 Å². The van der Waals surface area contributed by atoms with Gasteiger partial charge >= 0.3 is 0 Å². The molecule has 2 saturated heterocycles. The number of piperazine rings is 2. The van der Waals surface area contributed by atoms with Gasteiger partial charge in [0.2, 0.25) is 0 Å². The Morgan fingerprint density at radius 2 is 0.962 bits per heavy atom. The molecule has 2 aliphatic heterocycles. The molecule has 0 bridgehead atoms. The second-order valence-electron chi connectivity index (χ2n) is 13.5. The lowest BCUT2D eigenvalue weighted by molar-refractivity contribution is 0.475. The molecule has 4 aromatic carbocycles. The highest BCUT2D eigenvalue weighted by molar-refractivity contribution is 5.71. The summed E-state index contributed by atoms with van der Waals surface area (Å²) in [5.41, 5.74) is 12.4. The average Bonchev–Trinajstić information content (AvgIpc) is 3.85. The zero-order valence-electron chi connectivity index (χ0n) is 30.1. The molecule has 11 heteroatoms. The summed E-state index contributed by atoms with van der Waals surface area (Å²) in [6.07, 6.45) is 0. The number of phenols is 1. The maximum atomic E-state index is 9.41. The molecule has 8 rings (SSSR count). The number of anilines is 6. The number of nitrogens with one attached hydrogen (secondary N) is 6. The van der Waals surface area contributed by atoms with E-state index in [9.17, 15) is 5.11 Å². The fraction of sp³-hybridized carbons (Fsp3) is 0.268. The molecule has 2 aliphatic rings. The van der Waals surface area contributed by atoms with Gasteiger partial charge < -0.3 is 36.2 Å². The first-order chi connectivity index (χ1) is 25.4. The van der Waals surface area contributed by atoms with Gasteiger partial charge in [0, 0.05) is 87.2 Å². The highest BCUT2D eigenvalue weighted by atomic mass is 16.3. The first-order valence-corrected chi connectivity index (χ1v) is 18.0. The maximum Gasteiger partial charge on any atom is 0.152 e. The van der Waals surface area contributed by atoms with Crippen molar-refractivity contribution >= 4 is 34.4 Å². The lowest BCUT2D eigenvalue weighted by atomic mass is 10.1. The van der Waals surface area contributed by atoms with Crippen LogP contribution in [-0.4, -0.2) is 77.9 Å². The normalized spacial score (nSPS) is 14.4. The van der Waals surface area contributed by atoms with Crippen LogP contribution in [0.1, 0.15) is 16.7 Å². The molecule has 11 nitrogen and oxygen atoms in total. The molecule has 0 unspecified atom stereocenters. The summed E-state index contributed by atoms with van der Waals surface area (Å²) >= 11 is 0. The maximum absolute atomic E-state index is 9.41. The summed E-state index contributed by atoms with van der Waals surface area (Å²) in [4.78, 5) is 4.84. The highest BCUT2D eigenvalue weighted by Crippen LogP contribution is 2.29. The third kappa shape index (κ3) is 8.56. The van der Waals surface area contributed by atoms with Crippen molar-refractivity contribution in [1.29, 1.82) is 0 Å². The molecule has 0 aliphatic carbocycles. The molecular weight excluding hydrogens is 649 g/mol. The van der Waals surface area contributed by atoms with Crippen LogP contribution in [0.5, 0.6) is 5.75 Å². The number of rotatable bonds is 8. The second-order valence-corrected chi connectivity index (χ2v) is 13.5. The number of aromatic nitrogens is 4. The SMILES string of the molecule is Cc1cc(N2CCNCC2)ccc1Nc1cc(-c2ccc(O)cc2)[nH]n1.Cc1ccc(-c2cc(Nc3ccc(N4CCNCC4)cc3C)n[nH]2)cc1. The zero-order chi connectivity index (χ0) is 35.9. The summed E-state index contributed by atoms with van der Waals surface area (Å²) < 4.78 is 0. The van der Waals surface area contributed by atoms with Gasteiger partial charge in [-0.2, -0.15) is 10.2 Å². The minimum Gasteiger partial charge on any atom is -0.508 e. The molecule has 0 radical (unpaired) electrons. The van der Waals surface area contributed by atoms with E-state index in [1.807, 2.05) is 24.3 Å². The van der Waals surface area contributed by atoms with E-state index in [4.69, 9.17) is 0 Å². The molecule has 0 spiro atoms. The molecule has 0 atom stereocenters. The van der Waals surface area contributed by atoms with Crippen LogP contribution in [0.3, 0.4) is 0 Å². The van der Waals surface area contributed by atoms with Crippen molar-refractivity contribution in [2.75, 3.05) is 72.8 Å². The summed E-state index contributed by atoms with van der Waals surface area (Å²) in [5, 5.41) is 37.9. The van der Waals surface area contributed by atoms with Crippen LogP contribution in [0.15, 0.2) is 97.1 Å². The monoisotopic (exact) mass is 696 g/mol. The number of hydrogen-bond donors (Lipinski definition) is 7. The molecule has 7 N–H and O–H groups in total. The summed E-state index contributed by atoms with van der Waals surface area (Å²) in [6.45, 7) is 14.7. The van der Waals surface area contributed by atoms with Gasteiger partial charge in [-0.25, -0.2) is 0 Å². The highest BCUT2D eigenvalue weighted by Gasteiger charge is 2.14. The van der Waals surface area contributed by atoms with Crippen molar-refractivity contribution in [3.05, 3.63) is 114 Å². The van der Waals surface area contributed by atoms with Crippen molar-refractivity contribution < 1.29 is 5.11 Å². The Bertz CT molecular complexity index is 1910. The first kappa shape index (κ1) is 34.7. The van der Waals surface area contributed by atoms with Crippen LogP contribution in [-0.2, 0) is 0 Å². The summed E-state index contributed by atoms with van der Waals surface area (Å²) in [6, 6.07) is 32.6. The molecule has 268 valence electrons. The van der Waals surface area contributed by atoms with E-state index in [1.54, 1.807) is 12.1 Å². The molecule has 2 fully saturated rings. The number of aromatic hydroxyl groups is 1. The zero-order valence-corrected chi connectivity index (χ0v) is 30.1. The summed E-state index contributed by atoms with van der Waals surface area (Å²) in [5.74, 6) is 1.86. The van der Waals surface area contributed by atoms with E-state index in [2.05, 4.69) is 133 Å². The fourth-order valence-corrected chi connectivity index (χ4v) is 6.53. The van der Waals surface area contributed by atoms with E-state index in [-0.39, 0.29) is 5.75 Å². The van der Waals surface area contributed by atoms with Gasteiger partial charge in [-0.3, -0.25) is 10.2 Å². The minimum absolute atomic E-state index is 0.256. The standard InChI is InChI=1S/C21H25N5.C20H23N5O/c1-15-3-5-17(6-4-15)20-14-21(25-24-20)23-19-8-7-18(13-16(19)2)26-11-9-22-10-12-26;1-14-12-16(25-10-8-21-9-11-25)4-7-18(14)22-20-13-19(23-24-20)15-2-5-17(26)6-3-15/h3-8,13-14,22H,9-12H2,1-2H3,(H2,23,24,25);2-7,12-13,21,26H,8-11H2,1H3,(H2,22,23,24). The van der Waals surface area contributed by atoms with E-state index in [0.29, 0.717) is 0 Å². The number of hydrogen-bond acceptors (Lipinski definition) is 9. The Morgan fingerprint density at radius 1 is 0.538 bits per heavy atom. The number of benzene rings is 4. The van der Waals surface area contributed by atoms with E-state index < -0.39 is 0 Å². The lowest BCUT2D eigenvalue weighted by Gasteiger charge is -2.30. The largest absolute Gasteiger partial charge is 0.508 e. The van der Waals surface area contributed by atoms with Crippen molar-refractivity contribution in [3.8, 4) is 28.3 Å². The van der Waals surface area contributed by atoms with Crippen LogP contribution in [0.2, 0.25) is 0 Å². The van der Waals surface area contributed by atoms with Gasteiger partial charge in [0.15, 0.2) is 11.6 Å². The van der Waals surface area contributed by atoms with Gasteiger partial charge in [-0.1, -0.05) is 29.8 Å². The predicted octanol–water partition coefficient (Wildman–Crippen LogP) is 7.09. The predicted molar refractivity (Wildman–Crippen MR) is 214 cm³/mol. The lowest BCUT2D eigenvalue weighted by Crippen LogP contribution is -2.43. The second kappa shape index (κ2) is 16.1. The molecule has 6 aromatic rings. The van der Waals surface area contributed by atoms with E-state index in [0.717, 1.165) is 97.9 Å². The number of phenolic OH excluding ortho intramolecular Hbond substituents is 1. The van der Waals surface area contributed by atoms with Crippen molar-refractivity contribution in [2.24, 2.45) is 0 Å². The fourth-order valence-electron chi connectivity index (χ4n) is 6.53. The van der Waals surface area contributed by atoms with Crippen LogP contribution in [0, 0.1) is 20.8 Å². The third-order valence-corrected chi connectivity index (χ3v) is 9.61. The van der Waals surface area contributed by atoms with Crippen molar-refractivity contribution in [3.63, 3.8) is 0 Å². The Morgan fingerprint density at radius 3 is 1.38 bits per heavy atom. The van der Waals surface area contributed by atoms with Crippen LogP contribution in [0.4, 0.5) is 34.4 Å². The number of aromatic amines is 2. The Balaban J connectivity index is 0.000000162. The smallest absolute Gasteiger partial charge is 0.152 e. The van der Waals surface area contributed by atoms with Crippen molar-refractivity contribution in [1.82, 2.24) is 31.0 Å². The molecular formula is C41H48N10O. The average molecular weight is 697 g/mol. The Hall–Kier alpha value is -5.78. The van der Waals surface area contributed by atoms with Gasteiger partial charge in [0.1, 0.15) is 5.75 Å². The number of H-pyrrole nitrogens is 2. The Kier molecular flexibility index (Phi) is 10.7. The van der Waals surface area contributed by atoms with Gasteiger partial charge in [-0.05, 0) is 104 Å². The van der Waals surface area contributed by atoms with Gasteiger partial charge in [-0.15, -0.1) is 0 Å². The quantitative estimate of drug-likeness (QED) is 0.0892. The molecule has 4 heterocycles. The van der Waals surface area contributed by atoms with Crippen LogP contribution >= 0.6 is 0 Å². The summed E-state index contributed by atoms with van der Waals surface area (Å²) in [7, 11) is 0. The molecule has 0 amide bonds. The molecule has 52 heavy (non-hydrogen) atoms. The molecule has 0 saturated carbocycles. The van der Waals surface area contributed by atoms with Crippen LogP contribution in [0.25, 0.3) is 22.5 Å². The minimum atomic E-state index is 0.256. The van der Waals surface area contributed by atoms with E-state index in [1.165, 1.54) is 28.1 Å².